The van der Waals surface area contributed by atoms with Crippen LogP contribution in [0.15, 0.2) is 31.0 Å². The number of nitrogens with one attached hydrogen (secondary N) is 3. The first-order valence-corrected chi connectivity index (χ1v) is 7.08. The van der Waals surface area contributed by atoms with Crippen molar-refractivity contribution in [2.24, 2.45) is 7.05 Å². The van der Waals surface area contributed by atoms with Crippen molar-refractivity contribution in [1.82, 2.24) is 14.9 Å². The molecule has 21 heavy (non-hydrogen) atoms. The Morgan fingerprint density at radius 3 is 2.90 bits per heavy atom. The number of nitrogens with two attached hydrogens (primary N) is 1. The summed E-state index contributed by atoms with van der Waals surface area (Å²) in [6.45, 7) is 3.58. The van der Waals surface area contributed by atoms with Gasteiger partial charge in [-0.25, -0.2) is 14.1 Å². The molecule has 0 atom stereocenters. The number of aryl methyl sites for hydroxylation is 1. The van der Waals surface area contributed by atoms with Gasteiger partial charge in [0.25, 0.3) is 0 Å². The molecule has 114 valence electrons. The van der Waals surface area contributed by atoms with Crippen LogP contribution in [0.4, 0.5) is 17.2 Å². The molecule has 5 N–H and O–H groups in total. The summed E-state index contributed by atoms with van der Waals surface area (Å²) >= 11 is 0. The normalized spacial score (nSPS) is 10.6. The van der Waals surface area contributed by atoms with E-state index < -0.39 is 0 Å². The fourth-order valence-electron chi connectivity index (χ4n) is 2.05. The van der Waals surface area contributed by atoms with E-state index in [-0.39, 0.29) is 0 Å². The van der Waals surface area contributed by atoms with E-state index in [1.54, 1.807) is 6.20 Å². The predicted octanol–water partition coefficient (Wildman–Crippen LogP) is 0.0332. The van der Waals surface area contributed by atoms with E-state index in [2.05, 4.69) is 38.0 Å². The van der Waals surface area contributed by atoms with Gasteiger partial charge in [-0.15, -0.1) is 0 Å². The Morgan fingerprint density at radius 2 is 2.19 bits per heavy atom. The van der Waals surface area contributed by atoms with Crippen LogP contribution in [0.3, 0.4) is 0 Å². The largest absolute Gasteiger partial charge is 0.397 e. The van der Waals surface area contributed by atoms with Crippen molar-refractivity contribution in [3.8, 4) is 0 Å². The lowest BCUT2D eigenvalue weighted by Crippen LogP contribution is -2.27. The standard InChI is InChI=1S/C14H24N7/c1-16-13-9-12(15)10-19-14(13)18-4-3-17-5-6-21-8-7-20(2)11-21/h7-11,16-17H,3-6,15H2,1-2H3,(H,18,19)/q+1. The highest BCUT2D eigenvalue weighted by atomic mass is 15.1. The van der Waals surface area contributed by atoms with E-state index in [1.807, 2.05) is 30.9 Å². The van der Waals surface area contributed by atoms with Crippen molar-refractivity contribution in [2.45, 2.75) is 6.54 Å². The molecule has 0 spiro atoms. The number of aromatic nitrogens is 3. The summed E-state index contributed by atoms with van der Waals surface area (Å²) in [7, 11) is 3.88. The highest BCUT2D eigenvalue weighted by Crippen LogP contribution is 2.20. The zero-order valence-electron chi connectivity index (χ0n) is 12.6. The minimum absolute atomic E-state index is 0.655. The molecular weight excluding hydrogens is 266 g/mol. The van der Waals surface area contributed by atoms with Crippen molar-refractivity contribution in [3.05, 3.63) is 31.0 Å². The number of imidazole rings is 1. The van der Waals surface area contributed by atoms with Gasteiger partial charge in [0.15, 0.2) is 0 Å². The zero-order valence-corrected chi connectivity index (χ0v) is 12.6. The van der Waals surface area contributed by atoms with E-state index in [4.69, 9.17) is 5.73 Å². The van der Waals surface area contributed by atoms with Gasteiger partial charge < -0.3 is 21.7 Å². The topological polar surface area (TPSA) is 83.8 Å². The first kappa shape index (κ1) is 15.1. The van der Waals surface area contributed by atoms with Gasteiger partial charge in [-0.1, -0.05) is 0 Å². The maximum absolute atomic E-state index is 5.71. The van der Waals surface area contributed by atoms with Crippen molar-refractivity contribution >= 4 is 17.2 Å². The van der Waals surface area contributed by atoms with E-state index in [0.717, 1.165) is 37.7 Å². The van der Waals surface area contributed by atoms with E-state index >= 15 is 0 Å². The van der Waals surface area contributed by atoms with Gasteiger partial charge >= 0.3 is 0 Å². The molecule has 0 amide bonds. The molecule has 0 unspecified atom stereocenters. The average Bonchev–Trinajstić information content (AvgIpc) is 2.89. The quantitative estimate of drug-likeness (QED) is 0.407. The second-order valence-corrected chi connectivity index (χ2v) is 4.91. The third kappa shape index (κ3) is 4.64. The third-order valence-corrected chi connectivity index (χ3v) is 3.14. The SMILES string of the molecule is CNc1cc(N)cnc1NCCNCCn1cc[n+](C)c1. The van der Waals surface area contributed by atoms with Gasteiger partial charge in [0.2, 0.25) is 6.33 Å². The molecule has 7 nitrogen and oxygen atoms in total. The van der Waals surface area contributed by atoms with Gasteiger partial charge in [-0.3, -0.25) is 0 Å². The number of pyridine rings is 1. The van der Waals surface area contributed by atoms with Crippen LogP contribution in [0.1, 0.15) is 0 Å². The molecule has 2 heterocycles. The van der Waals surface area contributed by atoms with Crippen LogP contribution < -0.4 is 26.3 Å². The minimum Gasteiger partial charge on any atom is -0.397 e. The van der Waals surface area contributed by atoms with Crippen molar-refractivity contribution < 1.29 is 4.57 Å². The Bertz CT molecular complexity index is 564. The van der Waals surface area contributed by atoms with Crippen molar-refractivity contribution in [1.29, 1.82) is 0 Å². The molecule has 2 aromatic heterocycles. The van der Waals surface area contributed by atoms with Crippen LogP contribution in [0.2, 0.25) is 0 Å². The van der Waals surface area contributed by atoms with Crippen LogP contribution in [-0.2, 0) is 13.6 Å². The minimum atomic E-state index is 0.655. The van der Waals surface area contributed by atoms with Gasteiger partial charge in [0.1, 0.15) is 24.8 Å². The van der Waals surface area contributed by atoms with E-state index in [9.17, 15) is 0 Å². The second-order valence-electron chi connectivity index (χ2n) is 4.91. The molecule has 2 rings (SSSR count). The molecule has 0 radical (unpaired) electrons. The molecule has 0 saturated carbocycles. The Hall–Kier alpha value is -2.28. The Balaban J connectivity index is 1.65. The summed E-state index contributed by atoms with van der Waals surface area (Å²) in [4.78, 5) is 4.28. The Kier molecular flexibility index (Phi) is 5.39. The Morgan fingerprint density at radius 1 is 1.33 bits per heavy atom. The van der Waals surface area contributed by atoms with Crippen LogP contribution in [-0.4, -0.2) is 36.2 Å². The number of rotatable bonds is 8. The molecule has 0 aliphatic carbocycles. The van der Waals surface area contributed by atoms with E-state index in [1.165, 1.54) is 0 Å². The van der Waals surface area contributed by atoms with Crippen LogP contribution in [0.5, 0.6) is 0 Å². The molecular formula is C14H24N7+. The maximum atomic E-state index is 5.71. The fraction of sp³-hybridized carbons (Fsp3) is 0.429. The van der Waals surface area contributed by atoms with Crippen molar-refractivity contribution in [2.75, 3.05) is 43.0 Å². The lowest BCUT2D eigenvalue weighted by atomic mass is 10.3. The molecule has 7 heteroatoms. The van der Waals surface area contributed by atoms with E-state index in [0.29, 0.717) is 5.69 Å². The first-order chi connectivity index (χ1) is 10.2. The number of hydrogen-bond acceptors (Lipinski definition) is 5. The Labute approximate surface area is 125 Å². The maximum Gasteiger partial charge on any atom is 0.243 e. The average molecular weight is 290 g/mol. The molecule has 0 saturated heterocycles. The number of anilines is 3. The molecule has 0 aliphatic heterocycles. The van der Waals surface area contributed by atoms with Gasteiger partial charge in [-0.05, 0) is 6.07 Å². The number of nitrogen functional groups attached to an aromatic ring is 1. The highest BCUT2D eigenvalue weighted by molar-refractivity contribution is 5.68. The van der Waals surface area contributed by atoms with Gasteiger partial charge in [0, 0.05) is 26.7 Å². The summed E-state index contributed by atoms with van der Waals surface area (Å²) < 4.78 is 4.19. The predicted molar refractivity (Wildman–Crippen MR) is 85.2 cm³/mol. The molecule has 2 aromatic rings. The monoisotopic (exact) mass is 290 g/mol. The van der Waals surface area contributed by atoms with Crippen LogP contribution >= 0.6 is 0 Å². The summed E-state index contributed by atoms with van der Waals surface area (Å²) in [5.41, 5.74) is 7.28. The third-order valence-electron chi connectivity index (χ3n) is 3.14. The van der Waals surface area contributed by atoms with Crippen molar-refractivity contribution in [3.63, 3.8) is 0 Å². The smallest absolute Gasteiger partial charge is 0.243 e. The first-order valence-electron chi connectivity index (χ1n) is 7.08. The highest BCUT2D eigenvalue weighted by Gasteiger charge is 2.02. The lowest BCUT2D eigenvalue weighted by molar-refractivity contribution is -0.671. The fourth-order valence-corrected chi connectivity index (χ4v) is 2.05. The summed E-state index contributed by atoms with van der Waals surface area (Å²) in [6.07, 6.45) is 7.82. The summed E-state index contributed by atoms with van der Waals surface area (Å²) in [5, 5.41) is 9.77. The summed E-state index contributed by atoms with van der Waals surface area (Å²) in [6, 6.07) is 1.87. The molecule has 0 aromatic carbocycles. The molecule has 0 aliphatic rings. The summed E-state index contributed by atoms with van der Waals surface area (Å²) in [5.74, 6) is 0.825. The van der Waals surface area contributed by atoms with Gasteiger partial charge in [-0.2, -0.15) is 0 Å². The second kappa shape index (κ2) is 7.49. The molecule has 0 fully saturated rings. The number of hydrogen-bond donors (Lipinski definition) is 4. The van der Waals surface area contributed by atoms with Gasteiger partial charge in [0.05, 0.1) is 24.6 Å². The van der Waals surface area contributed by atoms with Crippen LogP contribution in [0, 0.1) is 0 Å². The van der Waals surface area contributed by atoms with Crippen LogP contribution in [0.25, 0.3) is 0 Å². The number of nitrogens with zero attached hydrogens (tertiary/aromatic N) is 3. The lowest BCUT2D eigenvalue weighted by Gasteiger charge is -2.11. The zero-order chi connectivity index (χ0) is 15.1. The molecule has 0 bridgehead atoms.